The van der Waals surface area contributed by atoms with E-state index in [1.807, 2.05) is 50.2 Å². The van der Waals surface area contributed by atoms with E-state index in [1.54, 1.807) is 13.1 Å². The molecule has 2 aromatic carbocycles. The van der Waals surface area contributed by atoms with Crippen molar-refractivity contribution in [2.45, 2.75) is 39.3 Å². The number of hydrogen-bond donors (Lipinski definition) is 1. The highest BCUT2D eigenvalue weighted by Crippen LogP contribution is 2.46. The third kappa shape index (κ3) is 3.07. The second-order valence-corrected chi connectivity index (χ2v) is 9.93. The number of aromatic hydroxyl groups is 1. The van der Waals surface area contributed by atoms with Crippen LogP contribution in [-0.4, -0.2) is 25.4 Å². The minimum Gasteiger partial charge on any atom is -0.508 e. The van der Waals surface area contributed by atoms with Crippen LogP contribution in [-0.2, 0) is 24.4 Å². The summed E-state index contributed by atoms with van der Waals surface area (Å²) in [6.07, 6.45) is -0.645. The SMILES string of the molecule is Cc1ccc(-c2c3c(=O)n(C)c(=O)n(C)c3c3n2C(C)(C)COC3c2ccc(C)cc2O)cc1. The Morgan fingerprint density at radius 2 is 1.62 bits per heavy atom. The van der Waals surface area contributed by atoms with E-state index in [4.69, 9.17) is 4.74 Å². The maximum Gasteiger partial charge on any atom is 0.331 e. The van der Waals surface area contributed by atoms with Crippen LogP contribution in [0, 0.1) is 13.8 Å². The van der Waals surface area contributed by atoms with Crippen LogP contribution in [0.2, 0.25) is 0 Å². The molecule has 0 saturated carbocycles. The Balaban J connectivity index is 2.01. The topological polar surface area (TPSA) is 78.4 Å². The van der Waals surface area contributed by atoms with Gasteiger partial charge in [-0.05, 0) is 44.9 Å². The molecule has 0 aliphatic carbocycles. The van der Waals surface area contributed by atoms with E-state index in [0.29, 0.717) is 28.8 Å². The van der Waals surface area contributed by atoms with Crippen molar-refractivity contribution >= 4 is 10.9 Å². The van der Waals surface area contributed by atoms with Crippen LogP contribution >= 0.6 is 0 Å². The molecule has 1 N–H and O–H groups in total. The molecular weight excluding hydrogens is 430 g/mol. The van der Waals surface area contributed by atoms with Gasteiger partial charge in [0.15, 0.2) is 0 Å². The van der Waals surface area contributed by atoms with Gasteiger partial charge in [-0.3, -0.25) is 13.9 Å². The molecule has 0 spiro atoms. The highest BCUT2D eigenvalue weighted by molar-refractivity contribution is 5.97. The molecule has 0 saturated heterocycles. The number of aryl methyl sites for hydroxylation is 3. The fraction of sp³-hybridized carbons (Fsp3) is 0.333. The average molecular weight is 460 g/mol. The van der Waals surface area contributed by atoms with Crippen molar-refractivity contribution in [2.75, 3.05) is 6.61 Å². The van der Waals surface area contributed by atoms with Gasteiger partial charge in [0.25, 0.3) is 5.56 Å². The van der Waals surface area contributed by atoms with Crippen LogP contribution in [0.3, 0.4) is 0 Å². The lowest BCUT2D eigenvalue weighted by Gasteiger charge is -2.39. The number of phenolic OH excluding ortho intramolecular Hbond substituents is 1. The minimum absolute atomic E-state index is 0.122. The zero-order chi connectivity index (χ0) is 24.5. The van der Waals surface area contributed by atoms with Crippen LogP contribution in [0.1, 0.15) is 42.3 Å². The lowest BCUT2D eigenvalue weighted by molar-refractivity contribution is -0.00799. The van der Waals surface area contributed by atoms with Crippen molar-refractivity contribution in [1.29, 1.82) is 0 Å². The molecule has 34 heavy (non-hydrogen) atoms. The predicted octanol–water partition coefficient (Wildman–Crippen LogP) is 3.88. The first-order valence-electron chi connectivity index (χ1n) is 11.4. The third-order valence-electron chi connectivity index (χ3n) is 6.86. The predicted molar refractivity (Wildman–Crippen MR) is 133 cm³/mol. The molecule has 3 heterocycles. The Morgan fingerprint density at radius 1 is 0.971 bits per heavy atom. The van der Waals surface area contributed by atoms with Crippen molar-refractivity contribution in [3.05, 3.63) is 85.7 Å². The Kier molecular flexibility index (Phi) is 4.88. The average Bonchev–Trinajstić information content (AvgIpc) is 3.15. The third-order valence-corrected chi connectivity index (χ3v) is 6.86. The summed E-state index contributed by atoms with van der Waals surface area (Å²) < 4.78 is 11.2. The van der Waals surface area contributed by atoms with Crippen LogP contribution in [0.25, 0.3) is 22.2 Å². The summed E-state index contributed by atoms with van der Waals surface area (Å²) in [5.74, 6) is 0.122. The van der Waals surface area contributed by atoms with E-state index in [1.165, 1.54) is 11.6 Å². The van der Waals surface area contributed by atoms with Gasteiger partial charge in [-0.1, -0.05) is 42.0 Å². The Hall–Kier alpha value is -3.58. The molecule has 176 valence electrons. The maximum atomic E-state index is 13.6. The van der Waals surface area contributed by atoms with Crippen molar-refractivity contribution in [2.24, 2.45) is 14.1 Å². The summed E-state index contributed by atoms with van der Waals surface area (Å²) in [5.41, 5.74) is 4.25. The second-order valence-electron chi connectivity index (χ2n) is 9.93. The van der Waals surface area contributed by atoms with Gasteiger partial charge in [-0.15, -0.1) is 0 Å². The highest BCUT2D eigenvalue weighted by atomic mass is 16.5. The van der Waals surface area contributed by atoms with Crippen molar-refractivity contribution in [3.8, 4) is 17.0 Å². The van der Waals surface area contributed by atoms with E-state index in [9.17, 15) is 14.7 Å². The quantitative estimate of drug-likeness (QED) is 0.493. The van der Waals surface area contributed by atoms with Crippen LogP contribution in [0.15, 0.2) is 52.1 Å². The first-order valence-corrected chi connectivity index (χ1v) is 11.4. The summed E-state index contributed by atoms with van der Waals surface area (Å²) in [6.45, 7) is 8.41. The molecule has 0 fully saturated rings. The molecule has 4 aromatic rings. The number of hydrogen-bond acceptors (Lipinski definition) is 4. The first-order chi connectivity index (χ1) is 16.0. The Morgan fingerprint density at radius 3 is 2.26 bits per heavy atom. The fourth-order valence-corrected chi connectivity index (χ4v) is 5.09. The molecule has 1 aliphatic rings. The molecule has 0 radical (unpaired) electrons. The summed E-state index contributed by atoms with van der Waals surface area (Å²) in [5, 5.41) is 11.3. The molecule has 2 aromatic heterocycles. The van der Waals surface area contributed by atoms with Gasteiger partial charge in [0, 0.05) is 19.7 Å². The van der Waals surface area contributed by atoms with Gasteiger partial charge in [-0.2, -0.15) is 0 Å². The van der Waals surface area contributed by atoms with Crippen molar-refractivity contribution < 1.29 is 9.84 Å². The minimum atomic E-state index is -0.645. The summed E-state index contributed by atoms with van der Waals surface area (Å²) in [7, 11) is 3.18. The number of phenols is 1. The Labute approximate surface area is 197 Å². The van der Waals surface area contributed by atoms with Crippen molar-refractivity contribution in [3.63, 3.8) is 0 Å². The summed E-state index contributed by atoms with van der Waals surface area (Å²) >= 11 is 0. The van der Waals surface area contributed by atoms with Gasteiger partial charge in [0.2, 0.25) is 0 Å². The zero-order valence-electron chi connectivity index (χ0n) is 20.3. The van der Waals surface area contributed by atoms with Gasteiger partial charge < -0.3 is 14.4 Å². The number of fused-ring (bicyclic) bond motifs is 3. The smallest absolute Gasteiger partial charge is 0.331 e. The molecule has 0 amide bonds. The van der Waals surface area contributed by atoms with E-state index in [-0.39, 0.29) is 11.3 Å². The van der Waals surface area contributed by atoms with Crippen LogP contribution in [0.4, 0.5) is 0 Å². The van der Waals surface area contributed by atoms with E-state index in [2.05, 4.69) is 18.4 Å². The monoisotopic (exact) mass is 459 g/mol. The van der Waals surface area contributed by atoms with Crippen LogP contribution in [0.5, 0.6) is 5.75 Å². The van der Waals surface area contributed by atoms with Gasteiger partial charge in [0.1, 0.15) is 11.9 Å². The number of benzene rings is 2. The van der Waals surface area contributed by atoms with E-state index >= 15 is 0 Å². The largest absolute Gasteiger partial charge is 0.508 e. The lowest BCUT2D eigenvalue weighted by Crippen LogP contribution is -2.40. The summed E-state index contributed by atoms with van der Waals surface area (Å²) in [4.78, 5) is 26.6. The number of ether oxygens (including phenoxy) is 1. The molecule has 7 heteroatoms. The molecule has 7 nitrogen and oxygen atoms in total. The highest BCUT2D eigenvalue weighted by Gasteiger charge is 2.41. The summed E-state index contributed by atoms with van der Waals surface area (Å²) in [6, 6.07) is 13.5. The fourth-order valence-electron chi connectivity index (χ4n) is 5.09. The molecular formula is C27H29N3O4. The van der Waals surface area contributed by atoms with Crippen LogP contribution < -0.4 is 11.2 Å². The molecule has 1 unspecified atom stereocenters. The maximum absolute atomic E-state index is 13.6. The normalized spacial score (nSPS) is 17.2. The molecule has 0 bridgehead atoms. The molecule has 1 aliphatic heterocycles. The number of rotatable bonds is 2. The zero-order valence-corrected chi connectivity index (χ0v) is 20.3. The molecule has 1 atom stereocenters. The lowest BCUT2D eigenvalue weighted by atomic mass is 9.97. The van der Waals surface area contributed by atoms with E-state index in [0.717, 1.165) is 27.0 Å². The standard InChI is InChI=1S/C27H29N3O4/c1-15-7-10-17(11-8-15)21-20-22(28(5)26(33)29(6)25(20)32)23-24(34-14-27(3,4)30(21)23)18-12-9-16(2)13-19(18)31/h7-13,24,31H,14H2,1-6H3. The van der Waals surface area contributed by atoms with Gasteiger partial charge in [0.05, 0.1) is 34.4 Å². The van der Waals surface area contributed by atoms with Gasteiger partial charge in [-0.25, -0.2) is 4.79 Å². The number of aromatic nitrogens is 3. The number of nitrogens with zero attached hydrogens (tertiary/aromatic N) is 3. The second kappa shape index (κ2) is 7.46. The first kappa shape index (κ1) is 22.2. The Bertz CT molecular complexity index is 1570. The van der Waals surface area contributed by atoms with Gasteiger partial charge >= 0.3 is 5.69 Å². The molecule has 5 rings (SSSR count). The van der Waals surface area contributed by atoms with E-state index < -0.39 is 17.3 Å². The van der Waals surface area contributed by atoms with Crippen molar-refractivity contribution in [1.82, 2.24) is 13.7 Å².